The molecule has 6 heteroatoms. The van der Waals surface area contributed by atoms with Gasteiger partial charge in [0, 0.05) is 25.8 Å². The summed E-state index contributed by atoms with van der Waals surface area (Å²) in [7, 11) is 3.10. The number of hydrogen-bond acceptors (Lipinski definition) is 4. The SMILES string of the molecule is COC(=O)c1ccc(CN(CC(=O)O)Cc2ccccc2)n1C. The van der Waals surface area contributed by atoms with Crippen molar-refractivity contribution in [3.8, 4) is 0 Å². The van der Waals surface area contributed by atoms with E-state index in [-0.39, 0.29) is 6.54 Å². The second kappa shape index (κ2) is 7.60. The van der Waals surface area contributed by atoms with Gasteiger partial charge in [-0.15, -0.1) is 0 Å². The van der Waals surface area contributed by atoms with Gasteiger partial charge in [-0.2, -0.15) is 0 Å². The number of carbonyl (C=O) groups is 2. The molecule has 1 N–H and O–H groups in total. The zero-order valence-electron chi connectivity index (χ0n) is 13.2. The van der Waals surface area contributed by atoms with Crippen molar-refractivity contribution in [3.63, 3.8) is 0 Å². The van der Waals surface area contributed by atoms with Gasteiger partial charge in [-0.25, -0.2) is 4.79 Å². The van der Waals surface area contributed by atoms with Gasteiger partial charge < -0.3 is 14.4 Å². The molecule has 0 aliphatic heterocycles. The molecule has 0 fully saturated rings. The van der Waals surface area contributed by atoms with Gasteiger partial charge in [-0.05, 0) is 17.7 Å². The lowest BCUT2D eigenvalue weighted by atomic mass is 10.2. The third kappa shape index (κ3) is 4.43. The van der Waals surface area contributed by atoms with E-state index < -0.39 is 11.9 Å². The molecule has 0 saturated heterocycles. The third-order valence-corrected chi connectivity index (χ3v) is 3.61. The number of ether oxygens (including phenoxy) is 1. The highest BCUT2D eigenvalue weighted by atomic mass is 16.5. The first kappa shape index (κ1) is 16.8. The number of rotatable bonds is 7. The van der Waals surface area contributed by atoms with E-state index in [2.05, 4.69) is 0 Å². The molecule has 0 aliphatic rings. The van der Waals surface area contributed by atoms with E-state index in [0.29, 0.717) is 18.8 Å². The number of aliphatic carboxylic acids is 1. The van der Waals surface area contributed by atoms with Crippen molar-refractivity contribution in [1.82, 2.24) is 9.47 Å². The normalized spacial score (nSPS) is 10.7. The first-order valence-electron chi connectivity index (χ1n) is 7.22. The Balaban J connectivity index is 2.16. The molecular formula is C17H20N2O4. The van der Waals surface area contributed by atoms with Gasteiger partial charge in [0.15, 0.2) is 0 Å². The first-order chi connectivity index (χ1) is 11.0. The third-order valence-electron chi connectivity index (χ3n) is 3.61. The number of carboxylic acid groups (broad SMARTS) is 1. The summed E-state index contributed by atoms with van der Waals surface area (Å²) < 4.78 is 6.46. The lowest BCUT2D eigenvalue weighted by Crippen LogP contribution is -2.29. The van der Waals surface area contributed by atoms with Crippen LogP contribution < -0.4 is 0 Å². The van der Waals surface area contributed by atoms with Gasteiger partial charge >= 0.3 is 11.9 Å². The fourth-order valence-electron chi connectivity index (χ4n) is 2.45. The molecule has 1 aromatic carbocycles. The number of benzene rings is 1. The standard InChI is InChI=1S/C17H20N2O4/c1-18-14(8-9-15(18)17(22)23-2)11-19(12-16(20)21)10-13-6-4-3-5-7-13/h3-9H,10-12H2,1-2H3,(H,20,21). The first-order valence-corrected chi connectivity index (χ1v) is 7.22. The average Bonchev–Trinajstić information content (AvgIpc) is 2.88. The summed E-state index contributed by atoms with van der Waals surface area (Å²) in [4.78, 5) is 24.6. The molecule has 0 unspecified atom stereocenters. The summed E-state index contributed by atoms with van der Waals surface area (Å²) in [6, 6.07) is 13.2. The van der Waals surface area contributed by atoms with Crippen molar-refractivity contribution in [2.24, 2.45) is 7.05 Å². The molecule has 6 nitrogen and oxygen atoms in total. The maximum Gasteiger partial charge on any atom is 0.354 e. The fourth-order valence-corrected chi connectivity index (χ4v) is 2.45. The van der Waals surface area contributed by atoms with Gasteiger partial charge in [0.2, 0.25) is 0 Å². The summed E-state index contributed by atoms with van der Waals surface area (Å²) >= 11 is 0. The Hall–Kier alpha value is -2.60. The van der Waals surface area contributed by atoms with Crippen molar-refractivity contribution in [2.45, 2.75) is 13.1 Å². The molecule has 2 rings (SSSR count). The fraction of sp³-hybridized carbons (Fsp3) is 0.294. The van der Waals surface area contributed by atoms with Crippen LogP contribution >= 0.6 is 0 Å². The minimum absolute atomic E-state index is 0.0758. The largest absolute Gasteiger partial charge is 0.480 e. The van der Waals surface area contributed by atoms with Crippen LogP contribution in [-0.4, -0.2) is 40.2 Å². The molecule has 1 heterocycles. The second-order valence-electron chi connectivity index (χ2n) is 5.29. The molecule has 0 radical (unpaired) electrons. The molecular weight excluding hydrogens is 296 g/mol. The summed E-state index contributed by atoms with van der Waals surface area (Å²) in [5.41, 5.74) is 2.33. The lowest BCUT2D eigenvalue weighted by Gasteiger charge is -2.21. The van der Waals surface area contributed by atoms with E-state index in [9.17, 15) is 9.59 Å². The minimum Gasteiger partial charge on any atom is -0.480 e. The summed E-state index contributed by atoms with van der Waals surface area (Å²) in [6.45, 7) is 0.869. The van der Waals surface area contributed by atoms with Crippen molar-refractivity contribution in [3.05, 3.63) is 59.4 Å². The predicted octanol–water partition coefficient (Wildman–Crippen LogP) is 1.90. The van der Waals surface area contributed by atoms with Crippen LogP contribution in [0.3, 0.4) is 0 Å². The Morgan fingerprint density at radius 2 is 1.83 bits per heavy atom. The van der Waals surface area contributed by atoms with E-state index in [1.165, 1.54) is 7.11 Å². The van der Waals surface area contributed by atoms with Gasteiger partial charge in [0.05, 0.1) is 13.7 Å². The summed E-state index contributed by atoms with van der Waals surface area (Å²) in [6.07, 6.45) is 0. The summed E-state index contributed by atoms with van der Waals surface area (Å²) in [5, 5.41) is 9.12. The van der Waals surface area contributed by atoms with Crippen molar-refractivity contribution in [2.75, 3.05) is 13.7 Å². The van der Waals surface area contributed by atoms with Crippen molar-refractivity contribution >= 4 is 11.9 Å². The summed E-state index contributed by atoms with van der Waals surface area (Å²) in [5.74, 6) is -1.30. The number of carbonyl (C=O) groups excluding carboxylic acids is 1. The number of hydrogen-bond donors (Lipinski definition) is 1. The zero-order chi connectivity index (χ0) is 16.8. The topological polar surface area (TPSA) is 71.8 Å². The van der Waals surface area contributed by atoms with Gasteiger partial charge in [-0.1, -0.05) is 30.3 Å². The number of methoxy groups -OCH3 is 1. The van der Waals surface area contributed by atoms with Gasteiger partial charge in [0.25, 0.3) is 0 Å². The smallest absolute Gasteiger partial charge is 0.354 e. The van der Waals surface area contributed by atoms with E-state index in [1.807, 2.05) is 41.3 Å². The number of aromatic nitrogens is 1. The van der Waals surface area contributed by atoms with Crippen LogP contribution in [0.25, 0.3) is 0 Å². The van der Waals surface area contributed by atoms with E-state index in [1.54, 1.807) is 17.7 Å². The Labute approximate surface area is 134 Å². The average molecular weight is 316 g/mol. The maximum absolute atomic E-state index is 11.7. The van der Waals surface area contributed by atoms with Crippen LogP contribution in [0.1, 0.15) is 21.7 Å². The Morgan fingerprint density at radius 3 is 2.43 bits per heavy atom. The molecule has 23 heavy (non-hydrogen) atoms. The molecule has 0 saturated carbocycles. The molecule has 2 aromatic rings. The molecule has 122 valence electrons. The number of nitrogens with zero attached hydrogens (tertiary/aromatic N) is 2. The molecule has 0 aliphatic carbocycles. The molecule has 0 atom stereocenters. The van der Waals surface area contributed by atoms with Crippen LogP contribution in [0.5, 0.6) is 0 Å². The second-order valence-corrected chi connectivity index (χ2v) is 5.29. The van der Waals surface area contributed by atoms with Crippen molar-refractivity contribution in [1.29, 1.82) is 0 Å². The molecule has 0 spiro atoms. The minimum atomic E-state index is -0.886. The van der Waals surface area contributed by atoms with E-state index >= 15 is 0 Å². The van der Waals surface area contributed by atoms with Crippen LogP contribution in [-0.2, 0) is 29.7 Å². The van der Waals surface area contributed by atoms with Crippen molar-refractivity contribution < 1.29 is 19.4 Å². The predicted molar refractivity (Wildman–Crippen MR) is 84.9 cm³/mol. The molecule has 1 aromatic heterocycles. The maximum atomic E-state index is 11.7. The zero-order valence-corrected chi connectivity index (χ0v) is 13.2. The molecule has 0 amide bonds. The Bertz CT molecular complexity index is 679. The van der Waals surface area contributed by atoms with Gasteiger partial charge in [-0.3, -0.25) is 9.69 Å². The Morgan fingerprint density at radius 1 is 1.13 bits per heavy atom. The van der Waals surface area contributed by atoms with Crippen LogP contribution in [0, 0.1) is 0 Å². The van der Waals surface area contributed by atoms with Crippen LogP contribution in [0.15, 0.2) is 42.5 Å². The quantitative estimate of drug-likeness (QED) is 0.790. The highest BCUT2D eigenvalue weighted by molar-refractivity contribution is 5.87. The van der Waals surface area contributed by atoms with Crippen LogP contribution in [0.2, 0.25) is 0 Å². The Kier molecular flexibility index (Phi) is 5.54. The van der Waals surface area contributed by atoms with Gasteiger partial charge in [0.1, 0.15) is 5.69 Å². The highest BCUT2D eigenvalue weighted by Gasteiger charge is 2.16. The molecule has 0 bridgehead atoms. The van der Waals surface area contributed by atoms with Crippen LogP contribution in [0.4, 0.5) is 0 Å². The lowest BCUT2D eigenvalue weighted by molar-refractivity contribution is -0.138. The van der Waals surface area contributed by atoms with E-state index in [0.717, 1.165) is 11.3 Å². The highest BCUT2D eigenvalue weighted by Crippen LogP contribution is 2.13. The number of carboxylic acids is 1. The van der Waals surface area contributed by atoms with E-state index in [4.69, 9.17) is 9.84 Å². The monoisotopic (exact) mass is 316 g/mol. The number of esters is 1.